The lowest BCUT2D eigenvalue weighted by atomic mass is 9.97. The fourth-order valence-electron chi connectivity index (χ4n) is 3.45. The number of hydrogen-bond acceptors (Lipinski definition) is 2. The number of nitrogens with one attached hydrogen (secondary N) is 1. The molecule has 0 atom stereocenters. The monoisotopic (exact) mass is 386 g/mol. The number of hydrogen-bond donors (Lipinski definition) is 1. The van der Waals surface area contributed by atoms with Gasteiger partial charge in [-0.1, -0.05) is 28.8 Å². The van der Waals surface area contributed by atoms with Crippen molar-refractivity contribution >= 4 is 37.5 Å². The minimum Gasteiger partial charge on any atom is -0.369 e. The van der Waals surface area contributed by atoms with Crippen LogP contribution in [0.3, 0.4) is 0 Å². The summed E-state index contributed by atoms with van der Waals surface area (Å²) < 4.78 is 2.32. The van der Waals surface area contributed by atoms with Crippen molar-refractivity contribution in [2.24, 2.45) is 0 Å². The molecule has 2 nitrogen and oxygen atoms in total. The topological polar surface area (TPSA) is 15.3 Å². The molecule has 4 heteroatoms. The third-order valence-corrected chi connectivity index (χ3v) is 5.54. The number of nitrogens with zero attached hydrogens (tertiary/aromatic N) is 1. The average Bonchev–Trinajstić information content (AvgIpc) is 2.71. The van der Waals surface area contributed by atoms with Gasteiger partial charge in [0, 0.05) is 27.6 Å². The van der Waals surface area contributed by atoms with E-state index in [-0.39, 0.29) is 0 Å². The van der Waals surface area contributed by atoms with E-state index in [2.05, 4.69) is 60.3 Å². The lowest BCUT2D eigenvalue weighted by Gasteiger charge is -2.35. The Morgan fingerprint density at radius 1 is 1.11 bits per heavy atom. The minimum atomic E-state index is 0.364. The molecule has 104 valence electrons. The van der Waals surface area contributed by atoms with Crippen LogP contribution in [0.15, 0.2) is 27.1 Å². The highest BCUT2D eigenvalue weighted by Crippen LogP contribution is 2.36. The van der Waals surface area contributed by atoms with E-state index in [0.717, 1.165) is 24.1 Å². The number of halogens is 2. The van der Waals surface area contributed by atoms with Gasteiger partial charge < -0.3 is 10.2 Å². The zero-order valence-corrected chi connectivity index (χ0v) is 14.3. The van der Waals surface area contributed by atoms with Crippen LogP contribution in [0.2, 0.25) is 0 Å². The summed E-state index contributed by atoms with van der Waals surface area (Å²) in [6, 6.07) is 6.51. The van der Waals surface area contributed by atoms with Gasteiger partial charge in [0.2, 0.25) is 0 Å². The van der Waals surface area contributed by atoms with E-state index in [1.54, 1.807) is 0 Å². The standard InChI is InChI=1S/C15H20Br2N2/c16-12-4-5-14(13(17)10-12)19-9-3-8-18-15(11-19)6-1-2-7-15/h4-5,10,18H,1-3,6-9,11H2. The van der Waals surface area contributed by atoms with E-state index in [1.165, 1.54) is 42.3 Å². The zero-order chi connectivity index (χ0) is 13.3. The highest BCUT2D eigenvalue weighted by molar-refractivity contribution is 9.11. The van der Waals surface area contributed by atoms with Crippen molar-refractivity contribution in [3.63, 3.8) is 0 Å². The Morgan fingerprint density at radius 2 is 1.89 bits per heavy atom. The van der Waals surface area contributed by atoms with Crippen LogP contribution in [0.25, 0.3) is 0 Å². The van der Waals surface area contributed by atoms with Gasteiger partial charge in [0.15, 0.2) is 0 Å². The van der Waals surface area contributed by atoms with Crippen LogP contribution in [0.4, 0.5) is 5.69 Å². The number of rotatable bonds is 1. The molecule has 0 amide bonds. The quantitative estimate of drug-likeness (QED) is 0.771. The van der Waals surface area contributed by atoms with Crippen molar-refractivity contribution in [2.75, 3.05) is 24.5 Å². The van der Waals surface area contributed by atoms with Gasteiger partial charge in [-0.3, -0.25) is 0 Å². The molecule has 1 saturated heterocycles. The smallest absolute Gasteiger partial charge is 0.0512 e. The molecule has 2 fully saturated rings. The second kappa shape index (κ2) is 5.74. The molecule has 0 radical (unpaired) electrons. The first-order valence-corrected chi connectivity index (χ1v) is 8.72. The summed E-state index contributed by atoms with van der Waals surface area (Å²) in [5.74, 6) is 0. The Labute approximate surface area is 132 Å². The fraction of sp³-hybridized carbons (Fsp3) is 0.600. The molecule has 1 aliphatic heterocycles. The Morgan fingerprint density at radius 3 is 2.63 bits per heavy atom. The molecule has 1 saturated carbocycles. The molecule has 0 unspecified atom stereocenters. The van der Waals surface area contributed by atoms with Gasteiger partial charge >= 0.3 is 0 Å². The molecular weight excluding hydrogens is 368 g/mol. The Kier molecular flexibility index (Phi) is 4.20. The molecule has 2 aliphatic rings. The lowest BCUT2D eigenvalue weighted by molar-refractivity contribution is 0.354. The van der Waals surface area contributed by atoms with Gasteiger partial charge in [-0.05, 0) is 59.9 Å². The second-order valence-corrected chi connectivity index (χ2v) is 7.56. The first-order valence-electron chi connectivity index (χ1n) is 7.14. The van der Waals surface area contributed by atoms with Crippen LogP contribution in [0.1, 0.15) is 32.1 Å². The Balaban J connectivity index is 1.86. The van der Waals surface area contributed by atoms with Gasteiger partial charge in [0.05, 0.1) is 5.69 Å². The second-order valence-electron chi connectivity index (χ2n) is 5.79. The van der Waals surface area contributed by atoms with E-state index < -0.39 is 0 Å². The Bertz CT molecular complexity index is 455. The average molecular weight is 388 g/mol. The van der Waals surface area contributed by atoms with E-state index in [9.17, 15) is 0 Å². The summed E-state index contributed by atoms with van der Waals surface area (Å²) in [5, 5.41) is 3.82. The van der Waals surface area contributed by atoms with Gasteiger partial charge in [-0.25, -0.2) is 0 Å². The van der Waals surface area contributed by atoms with Crippen molar-refractivity contribution in [2.45, 2.75) is 37.6 Å². The lowest BCUT2D eigenvalue weighted by Crippen LogP contribution is -2.49. The van der Waals surface area contributed by atoms with Crippen LogP contribution in [0.5, 0.6) is 0 Å². The maximum atomic E-state index is 3.82. The van der Waals surface area contributed by atoms with Crippen LogP contribution < -0.4 is 10.2 Å². The van der Waals surface area contributed by atoms with Gasteiger partial charge in [-0.15, -0.1) is 0 Å². The number of anilines is 1. The summed E-state index contributed by atoms with van der Waals surface area (Å²) in [7, 11) is 0. The van der Waals surface area contributed by atoms with Crippen molar-refractivity contribution in [3.8, 4) is 0 Å². The van der Waals surface area contributed by atoms with Crippen molar-refractivity contribution in [3.05, 3.63) is 27.1 Å². The summed E-state index contributed by atoms with van der Waals surface area (Å²) >= 11 is 7.25. The molecule has 1 aromatic carbocycles. The van der Waals surface area contributed by atoms with Gasteiger partial charge in [0.25, 0.3) is 0 Å². The maximum absolute atomic E-state index is 3.82. The first kappa shape index (κ1) is 13.9. The van der Waals surface area contributed by atoms with Crippen molar-refractivity contribution in [1.29, 1.82) is 0 Å². The molecule has 1 aliphatic carbocycles. The van der Waals surface area contributed by atoms with E-state index in [1.807, 2.05) is 0 Å². The van der Waals surface area contributed by atoms with E-state index in [4.69, 9.17) is 0 Å². The summed E-state index contributed by atoms with van der Waals surface area (Å²) in [6.45, 7) is 3.45. The predicted molar refractivity (Wildman–Crippen MR) is 87.9 cm³/mol. The molecule has 0 bridgehead atoms. The molecule has 1 aromatic rings. The first-order chi connectivity index (χ1) is 9.19. The summed E-state index contributed by atoms with van der Waals surface area (Å²) in [5.41, 5.74) is 1.70. The molecule has 1 spiro atoms. The molecule has 1 heterocycles. The SMILES string of the molecule is Brc1ccc(N2CCCNC3(CCCC3)C2)c(Br)c1. The van der Waals surface area contributed by atoms with Crippen LogP contribution in [-0.2, 0) is 0 Å². The largest absolute Gasteiger partial charge is 0.369 e. The predicted octanol–water partition coefficient (Wildman–Crippen LogP) is 4.32. The van der Waals surface area contributed by atoms with Gasteiger partial charge in [0.1, 0.15) is 0 Å². The molecule has 3 rings (SSSR count). The summed E-state index contributed by atoms with van der Waals surface area (Å²) in [4.78, 5) is 2.56. The number of benzene rings is 1. The highest BCUT2D eigenvalue weighted by atomic mass is 79.9. The molecular formula is C15H20Br2N2. The highest BCUT2D eigenvalue weighted by Gasteiger charge is 2.36. The molecule has 1 N–H and O–H groups in total. The molecule has 19 heavy (non-hydrogen) atoms. The van der Waals surface area contributed by atoms with E-state index >= 15 is 0 Å². The zero-order valence-electron chi connectivity index (χ0n) is 11.1. The van der Waals surface area contributed by atoms with Crippen LogP contribution >= 0.6 is 31.9 Å². The Hall–Kier alpha value is -0.0600. The van der Waals surface area contributed by atoms with Crippen molar-refractivity contribution < 1.29 is 0 Å². The van der Waals surface area contributed by atoms with Crippen LogP contribution in [0, 0.1) is 0 Å². The van der Waals surface area contributed by atoms with Gasteiger partial charge in [-0.2, -0.15) is 0 Å². The third-order valence-electron chi connectivity index (χ3n) is 4.41. The minimum absolute atomic E-state index is 0.364. The van der Waals surface area contributed by atoms with E-state index in [0.29, 0.717) is 5.54 Å². The molecule has 0 aromatic heterocycles. The maximum Gasteiger partial charge on any atom is 0.0512 e. The normalized spacial score (nSPS) is 22.7. The fourth-order valence-corrected chi connectivity index (χ4v) is 4.75. The summed E-state index contributed by atoms with van der Waals surface area (Å²) in [6.07, 6.45) is 6.64. The van der Waals surface area contributed by atoms with Crippen LogP contribution in [-0.4, -0.2) is 25.2 Å². The third kappa shape index (κ3) is 3.01. The van der Waals surface area contributed by atoms with Crippen molar-refractivity contribution in [1.82, 2.24) is 5.32 Å².